The third-order valence-corrected chi connectivity index (χ3v) is 4.51. The van der Waals surface area contributed by atoms with Gasteiger partial charge in [0.15, 0.2) is 0 Å². The van der Waals surface area contributed by atoms with Gasteiger partial charge >= 0.3 is 12.1 Å². The molecule has 0 bridgehead atoms. The lowest BCUT2D eigenvalue weighted by Crippen LogP contribution is -2.41. The molecular weight excluding hydrogens is 340 g/mol. The monoisotopic (exact) mass is 364 g/mol. The molecule has 8 nitrogen and oxygen atoms in total. The van der Waals surface area contributed by atoms with Crippen LogP contribution in [0, 0.1) is 5.92 Å². The van der Waals surface area contributed by atoms with E-state index >= 15 is 0 Å². The number of carbonyl (C=O) groups is 4. The molecule has 23 heavy (non-hydrogen) atoms. The highest BCUT2D eigenvalue weighted by Gasteiger charge is 2.08. The summed E-state index contributed by atoms with van der Waals surface area (Å²) in [5, 5.41) is 9.51. The van der Waals surface area contributed by atoms with Gasteiger partial charge in [0.2, 0.25) is 11.8 Å². The largest absolute Gasteiger partial charge is 0.338 e. The Kier molecular flexibility index (Phi) is 12.3. The molecule has 10 heteroatoms. The second-order valence-electron chi connectivity index (χ2n) is 4.89. The predicted molar refractivity (Wildman–Crippen MR) is 93.1 cm³/mol. The summed E-state index contributed by atoms with van der Waals surface area (Å²) in [7, 11) is 2.67. The molecule has 0 fully saturated rings. The summed E-state index contributed by atoms with van der Waals surface area (Å²) in [6, 6.07) is -1.02. The van der Waals surface area contributed by atoms with Gasteiger partial charge in [0.05, 0.1) is 5.75 Å². The standard InChI is InChI=1S/C13H24N4O4S2/c1-4-10(18)16-12(20)14-5-6-22-23-8-11(19)17-13(21)15-7-9(2)3/h9H,4-8H2,1-3H3,(H2,14,16,18,20)(H2,15,17,19,21). The lowest BCUT2D eigenvalue weighted by atomic mass is 10.2. The van der Waals surface area contributed by atoms with Crippen LogP contribution >= 0.6 is 21.6 Å². The van der Waals surface area contributed by atoms with Crippen molar-refractivity contribution in [2.45, 2.75) is 27.2 Å². The average Bonchev–Trinajstić information content (AvgIpc) is 2.48. The summed E-state index contributed by atoms with van der Waals surface area (Å²) in [5.74, 6) is 0.323. The number of rotatable bonds is 9. The minimum Gasteiger partial charge on any atom is -0.338 e. The lowest BCUT2D eigenvalue weighted by molar-refractivity contribution is -0.120. The van der Waals surface area contributed by atoms with E-state index in [1.54, 1.807) is 6.92 Å². The van der Waals surface area contributed by atoms with E-state index in [1.165, 1.54) is 21.6 Å². The average molecular weight is 364 g/mol. The van der Waals surface area contributed by atoms with Crippen LogP contribution in [0.1, 0.15) is 27.2 Å². The Labute approximate surface area is 144 Å². The third-order valence-electron chi connectivity index (χ3n) is 2.24. The van der Waals surface area contributed by atoms with E-state index in [0.29, 0.717) is 24.8 Å². The van der Waals surface area contributed by atoms with Gasteiger partial charge in [0.25, 0.3) is 0 Å². The first-order valence-electron chi connectivity index (χ1n) is 7.24. The van der Waals surface area contributed by atoms with E-state index in [9.17, 15) is 19.2 Å². The molecule has 0 unspecified atom stereocenters. The number of amides is 6. The van der Waals surface area contributed by atoms with Crippen LogP contribution in [0.3, 0.4) is 0 Å². The van der Waals surface area contributed by atoms with Crippen molar-refractivity contribution >= 4 is 45.5 Å². The molecule has 0 saturated heterocycles. The SMILES string of the molecule is CCC(=O)NC(=O)NCCSSCC(=O)NC(=O)NCC(C)C. The Bertz CT molecular complexity index is 419. The van der Waals surface area contributed by atoms with Gasteiger partial charge in [-0.2, -0.15) is 0 Å². The second-order valence-corrected chi connectivity index (χ2v) is 7.48. The van der Waals surface area contributed by atoms with Crippen molar-refractivity contribution in [1.29, 1.82) is 0 Å². The zero-order valence-electron chi connectivity index (χ0n) is 13.6. The van der Waals surface area contributed by atoms with Crippen LogP contribution in [0.2, 0.25) is 0 Å². The Morgan fingerprint density at radius 1 is 0.913 bits per heavy atom. The molecule has 0 aromatic carbocycles. The second kappa shape index (κ2) is 13.1. The number of nitrogens with one attached hydrogen (secondary N) is 4. The molecule has 0 aliphatic heterocycles. The molecule has 0 heterocycles. The maximum atomic E-state index is 11.5. The molecule has 132 valence electrons. The maximum Gasteiger partial charge on any atom is 0.321 e. The van der Waals surface area contributed by atoms with Crippen molar-refractivity contribution in [3.8, 4) is 0 Å². The topological polar surface area (TPSA) is 116 Å². The number of hydrogen-bond acceptors (Lipinski definition) is 6. The molecule has 0 aliphatic rings. The quantitative estimate of drug-likeness (QED) is 0.359. The number of imide groups is 2. The third kappa shape index (κ3) is 13.9. The van der Waals surface area contributed by atoms with Crippen molar-refractivity contribution in [2.75, 3.05) is 24.6 Å². The van der Waals surface area contributed by atoms with Gasteiger partial charge in [-0.3, -0.25) is 20.2 Å². The predicted octanol–water partition coefficient (Wildman–Crippen LogP) is 1.09. The molecule has 0 aromatic rings. The van der Waals surface area contributed by atoms with Gasteiger partial charge in [0, 0.05) is 25.3 Å². The van der Waals surface area contributed by atoms with E-state index in [0.717, 1.165) is 0 Å². The lowest BCUT2D eigenvalue weighted by Gasteiger charge is -2.08. The molecule has 0 atom stereocenters. The van der Waals surface area contributed by atoms with Gasteiger partial charge in [-0.15, -0.1) is 0 Å². The zero-order valence-corrected chi connectivity index (χ0v) is 15.2. The van der Waals surface area contributed by atoms with Gasteiger partial charge in [-0.25, -0.2) is 9.59 Å². The first kappa shape index (κ1) is 21.6. The highest BCUT2D eigenvalue weighted by atomic mass is 33.1. The minimum atomic E-state index is -0.526. The van der Waals surface area contributed by atoms with Gasteiger partial charge in [-0.1, -0.05) is 42.4 Å². The van der Waals surface area contributed by atoms with E-state index < -0.39 is 12.1 Å². The molecule has 0 spiro atoms. The normalized spacial score (nSPS) is 10.1. The summed E-state index contributed by atoms with van der Waals surface area (Å²) in [6.07, 6.45) is 0.248. The minimum absolute atomic E-state index is 0.139. The molecule has 0 aromatic heterocycles. The summed E-state index contributed by atoms with van der Waals surface area (Å²) in [5.41, 5.74) is 0. The molecule has 0 aliphatic carbocycles. The first-order chi connectivity index (χ1) is 10.8. The number of carbonyl (C=O) groups excluding carboxylic acids is 4. The van der Waals surface area contributed by atoms with E-state index in [1.807, 2.05) is 13.8 Å². The van der Waals surface area contributed by atoms with Crippen molar-refractivity contribution in [1.82, 2.24) is 21.3 Å². The van der Waals surface area contributed by atoms with Crippen molar-refractivity contribution in [2.24, 2.45) is 5.92 Å². The Morgan fingerprint density at radius 3 is 2.13 bits per heavy atom. The van der Waals surface area contributed by atoms with Crippen LogP contribution in [-0.2, 0) is 9.59 Å². The van der Waals surface area contributed by atoms with Gasteiger partial charge in [-0.05, 0) is 5.92 Å². The van der Waals surface area contributed by atoms with Crippen LogP contribution in [0.5, 0.6) is 0 Å². The molecule has 0 radical (unpaired) electrons. The van der Waals surface area contributed by atoms with Crippen LogP contribution in [0.4, 0.5) is 9.59 Å². The van der Waals surface area contributed by atoms with Crippen LogP contribution in [0.25, 0.3) is 0 Å². The Hall–Kier alpha value is -1.42. The van der Waals surface area contributed by atoms with Gasteiger partial charge < -0.3 is 10.6 Å². The molecule has 0 rings (SSSR count). The van der Waals surface area contributed by atoms with Crippen molar-refractivity contribution in [3.05, 3.63) is 0 Å². The summed E-state index contributed by atoms with van der Waals surface area (Å²) in [4.78, 5) is 45.0. The van der Waals surface area contributed by atoms with Crippen LogP contribution in [-0.4, -0.2) is 48.5 Å². The van der Waals surface area contributed by atoms with Crippen molar-refractivity contribution < 1.29 is 19.2 Å². The number of hydrogen-bond donors (Lipinski definition) is 4. The highest BCUT2D eigenvalue weighted by molar-refractivity contribution is 8.76. The van der Waals surface area contributed by atoms with E-state index in [-0.39, 0.29) is 24.0 Å². The van der Waals surface area contributed by atoms with E-state index in [2.05, 4.69) is 21.3 Å². The smallest absolute Gasteiger partial charge is 0.321 e. The number of urea groups is 2. The zero-order chi connectivity index (χ0) is 17.7. The fraction of sp³-hybridized carbons (Fsp3) is 0.692. The van der Waals surface area contributed by atoms with Crippen LogP contribution in [0.15, 0.2) is 0 Å². The Balaban J connectivity index is 3.57. The summed E-state index contributed by atoms with van der Waals surface area (Å²) >= 11 is 0. The first-order valence-corrected chi connectivity index (χ1v) is 9.73. The van der Waals surface area contributed by atoms with Crippen LogP contribution < -0.4 is 21.3 Å². The molecule has 4 N–H and O–H groups in total. The maximum absolute atomic E-state index is 11.5. The fourth-order valence-corrected chi connectivity index (χ4v) is 2.86. The van der Waals surface area contributed by atoms with Crippen molar-refractivity contribution in [3.63, 3.8) is 0 Å². The summed E-state index contributed by atoms with van der Waals surface area (Å²) in [6.45, 7) is 6.46. The summed E-state index contributed by atoms with van der Waals surface area (Å²) < 4.78 is 0. The van der Waals surface area contributed by atoms with Gasteiger partial charge in [0.1, 0.15) is 0 Å². The molecule has 0 saturated carbocycles. The Morgan fingerprint density at radius 2 is 1.52 bits per heavy atom. The molecule has 6 amide bonds. The molecular formula is C13H24N4O4S2. The highest BCUT2D eigenvalue weighted by Crippen LogP contribution is 2.19. The van der Waals surface area contributed by atoms with E-state index in [4.69, 9.17) is 0 Å². The fourth-order valence-electron chi connectivity index (χ4n) is 1.12.